The summed E-state index contributed by atoms with van der Waals surface area (Å²) in [5.74, 6) is 0.122. The summed E-state index contributed by atoms with van der Waals surface area (Å²) >= 11 is 0. The summed E-state index contributed by atoms with van der Waals surface area (Å²) in [6.45, 7) is 2.12. The van der Waals surface area contributed by atoms with Crippen molar-refractivity contribution in [2.24, 2.45) is 5.73 Å². The number of amides is 1. The van der Waals surface area contributed by atoms with Gasteiger partial charge in [0, 0.05) is 5.69 Å². The van der Waals surface area contributed by atoms with Crippen molar-refractivity contribution >= 4 is 11.6 Å². The molecule has 0 radical (unpaired) electrons. The Hall–Kier alpha value is -1.51. The molecule has 1 amide bonds. The summed E-state index contributed by atoms with van der Waals surface area (Å²) in [7, 11) is 0. The van der Waals surface area contributed by atoms with Crippen LogP contribution in [0.3, 0.4) is 0 Å². The van der Waals surface area contributed by atoms with Crippen LogP contribution in [0.2, 0.25) is 0 Å². The number of nitrogens with one attached hydrogen (secondary N) is 1. The van der Waals surface area contributed by atoms with Gasteiger partial charge in [-0.15, -0.1) is 0 Å². The fourth-order valence-corrected chi connectivity index (χ4v) is 1.97. The molecule has 0 saturated heterocycles. The van der Waals surface area contributed by atoms with Crippen LogP contribution in [-0.2, 0) is 4.79 Å². The molecular weight excluding hydrogens is 176 g/mol. The number of benzene rings is 1. The first-order chi connectivity index (χ1) is 6.68. The lowest BCUT2D eigenvalue weighted by molar-refractivity contribution is -0.119. The van der Waals surface area contributed by atoms with Crippen molar-refractivity contribution in [3.63, 3.8) is 0 Å². The van der Waals surface area contributed by atoms with Crippen LogP contribution in [0.15, 0.2) is 24.3 Å². The predicted molar refractivity (Wildman–Crippen MR) is 56.1 cm³/mol. The van der Waals surface area contributed by atoms with E-state index in [0.29, 0.717) is 5.92 Å². The quantitative estimate of drug-likeness (QED) is 0.704. The van der Waals surface area contributed by atoms with Crippen LogP contribution in [0.25, 0.3) is 0 Å². The lowest BCUT2D eigenvalue weighted by Gasteiger charge is -2.29. The van der Waals surface area contributed by atoms with Gasteiger partial charge in [0.05, 0.1) is 0 Å². The van der Waals surface area contributed by atoms with Gasteiger partial charge < -0.3 is 11.1 Å². The number of hydrogen-bond donors (Lipinski definition) is 2. The van der Waals surface area contributed by atoms with Gasteiger partial charge in [0.15, 0.2) is 0 Å². The second kappa shape index (κ2) is 3.33. The molecule has 0 spiro atoms. The third-order valence-corrected chi connectivity index (χ3v) is 2.75. The third-order valence-electron chi connectivity index (χ3n) is 2.75. The average molecular weight is 190 g/mol. The minimum Gasteiger partial charge on any atom is -0.373 e. The van der Waals surface area contributed by atoms with Gasteiger partial charge in [-0.3, -0.25) is 4.79 Å². The van der Waals surface area contributed by atoms with Crippen LogP contribution in [0, 0.1) is 0 Å². The maximum atomic E-state index is 11.1. The van der Waals surface area contributed by atoms with E-state index < -0.39 is 0 Å². The Morgan fingerprint density at radius 2 is 2.21 bits per heavy atom. The topological polar surface area (TPSA) is 55.1 Å². The van der Waals surface area contributed by atoms with Gasteiger partial charge in [0.2, 0.25) is 5.91 Å². The van der Waals surface area contributed by atoms with E-state index in [1.54, 1.807) is 0 Å². The first-order valence-electron chi connectivity index (χ1n) is 4.83. The zero-order valence-electron chi connectivity index (χ0n) is 8.16. The summed E-state index contributed by atoms with van der Waals surface area (Å²) in [5.41, 5.74) is 7.59. The molecule has 2 atom stereocenters. The van der Waals surface area contributed by atoms with Crippen LogP contribution in [0.5, 0.6) is 0 Å². The van der Waals surface area contributed by atoms with Crippen LogP contribution in [0.1, 0.15) is 24.8 Å². The highest BCUT2D eigenvalue weighted by Gasteiger charge is 2.26. The number of hydrogen-bond acceptors (Lipinski definition) is 2. The Labute approximate surface area is 83.3 Å². The molecule has 3 heteroatoms. The molecule has 74 valence electrons. The molecule has 1 aliphatic rings. The van der Waals surface area contributed by atoms with Gasteiger partial charge in [0.1, 0.15) is 6.04 Å². The average Bonchev–Trinajstić information content (AvgIpc) is 2.17. The van der Waals surface area contributed by atoms with Gasteiger partial charge in [-0.05, 0) is 24.0 Å². The predicted octanol–water partition coefficient (Wildman–Crippen LogP) is 1.46. The second-order valence-corrected chi connectivity index (χ2v) is 3.82. The fourth-order valence-electron chi connectivity index (χ4n) is 1.97. The Morgan fingerprint density at radius 1 is 1.50 bits per heavy atom. The Bertz CT molecular complexity index is 362. The molecule has 14 heavy (non-hydrogen) atoms. The standard InChI is InChI=1S/C11H14N2O/c1-7-6-10(11(12)14)13-9-5-3-2-4-8(7)9/h2-5,7,10,13H,6H2,1H3,(H2,12,14). The molecule has 1 aromatic carbocycles. The zero-order valence-corrected chi connectivity index (χ0v) is 8.16. The van der Waals surface area contributed by atoms with Crippen molar-refractivity contribution < 1.29 is 4.79 Å². The van der Waals surface area contributed by atoms with E-state index in [1.165, 1.54) is 5.56 Å². The van der Waals surface area contributed by atoms with Crippen LogP contribution < -0.4 is 11.1 Å². The number of para-hydroxylation sites is 1. The number of rotatable bonds is 1. The largest absolute Gasteiger partial charge is 0.373 e. The number of nitrogens with two attached hydrogens (primary N) is 1. The Balaban J connectivity index is 2.33. The highest BCUT2D eigenvalue weighted by Crippen LogP contribution is 2.33. The third kappa shape index (κ3) is 1.45. The smallest absolute Gasteiger partial charge is 0.239 e. The molecular formula is C11H14N2O. The number of primary amides is 1. The van der Waals surface area contributed by atoms with E-state index in [4.69, 9.17) is 5.73 Å². The van der Waals surface area contributed by atoms with Gasteiger partial charge >= 0.3 is 0 Å². The summed E-state index contributed by atoms with van der Waals surface area (Å²) in [6.07, 6.45) is 0.784. The van der Waals surface area contributed by atoms with E-state index in [0.717, 1.165) is 12.1 Å². The van der Waals surface area contributed by atoms with Crippen molar-refractivity contribution in [2.45, 2.75) is 25.3 Å². The van der Waals surface area contributed by atoms with Crippen LogP contribution in [0.4, 0.5) is 5.69 Å². The molecule has 0 aromatic heterocycles. The SMILES string of the molecule is CC1CC(C(N)=O)Nc2ccccc21. The van der Waals surface area contributed by atoms with E-state index in [1.807, 2.05) is 18.2 Å². The minimum absolute atomic E-state index is 0.222. The highest BCUT2D eigenvalue weighted by molar-refractivity contribution is 5.84. The van der Waals surface area contributed by atoms with Crippen LogP contribution in [-0.4, -0.2) is 11.9 Å². The zero-order chi connectivity index (χ0) is 10.1. The Kier molecular flexibility index (Phi) is 2.15. The lowest BCUT2D eigenvalue weighted by atomic mass is 9.88. The van der Waals surface area contributed by atoms with Gasteiger partial charge in [-0.25, -0.2) is 0 Å². The molecule has 2 rings (SSSR count). The maximum absolute atomic E-state index is 11.1. The number of anilines is 1. The summed E-state index contributed by atoms with van der Waals surface area (Å²) < 4.78 is 0. The van der Waals surface area contributed by atoms with E-state index in [-0.39, 0.29) is 11.9 Å². The molecule has 2 unspecified atom stereocenters. The summed E-state index contributed by atoms with van der Waals surface area (Å²) in [5, 5.41) is 3.15. The number of carbonyl (C=O) groups is 1. The normalized spacial score (nSPS) is 24.9. The first-order valence-corrected chi connectivity index (χ1v) is 4.83. The molecule has 1 aliphatic heterocycles. The Morgan fingerprint density at radius 3 is 2.93 bits per heavy atom. The van der Waals surface area contributed by atoms with E-state index in [9.17, 15) is 4.79 Å². The van der Waals surface area contributed by atoms with Crippen molar-refractivity contribution in [3.05, 3.63) is 29.8 Å². The van der Waals surface area contributed by atoms with Crippen molar-refractivity contribution in [3.8, 4) is 0 Å². The molecule has 0 aliphatic carbocycles. The number of fused-ring (bicyclic) bond motifs is 1. The summed E-state index contributed by atoms with van der Waals surface area (Å²) in [6, 6.07) is 7.83. The van der Waals surface area contributed by atoms with Crippen molar-refractivity contribution in [1.82, 2.24) is 0 Å². The van der Waals surface area contributed by atoms with Crippen LogP contribution >= 0.6 is 0 Å². The van der Waals surface area contributed by atoms with Gasteiger partial charge in [-0.1, -0.05) is 25.1 Å². The second-order valence-electron chi connectivity index (χ2n) is 3.82. The molecule has 0 saturated carbocycles. The molecule has 3 N–H and O–H groups in total. The lowest BCUT2D eigenvalue weighted by Crippen LogP contribution is -2.39. The molecule has 0 fully saturated rings. The summed E-state index contributed by atoms with van der Waals surface area (Å²) in [4.78, 5) is 11.1. The minimum atomic E-state index is -0.272. The van der Waals surface area contributed by atoms with E-state index >= 15 is 0 Å². The molecule has 1 heterocycles. The van der Waals surface area contributed by atoms with Crippen molar-refractivity contribution in [1.29, 1.82) is 0 Å². The first kappa shape index (κ1) is 9.06. The van der Waals surface area contributed by atoms with Gasteiger partial charge in [-0.2, -0.15) is 0 Å². The fraction of sp³-hybridized carbons (Fsp3) is 0.364. The highest BCUT2D eigenvalue weighted by atomic mass is 16.1. The van der Waals surface area contributed by atoms with Gasteiger partial charge in [0.25, 0.3) is 0 Å². The molecule has 3 nitrogen and oxygen atoms in total. The molecule has 0 bridgehead atoms. The monoisotopic (exact) mass is 190 g/mol. The van der Waals surface area contributed by atoms with Crippen molar-refractivity contribution in [2.75, 3.05) is 5.32 Å². The number of carbonyl (C=O) groups excluding carboxylic acids is 1. The van der Waals surface area contributed by atoms with E-state index in [2.05, 4.69) is 18.3 Å². The maximum Gasteiger partial charge on any atom is 0.239 e. The molecule has 1 aromatic rings.